The van der Waals surface area contributed by atoms with Crippen molar-refractivity contribution in [2.75, 3.05) is 12.4 Å². The second-order valence-corrected chi connectivity index (χ2v) is 7.55. The van der Waals surface area contributed by atoms with Crippen LogP contribution in [0.2, 0.25) is 0 Å². The van der Waals surface area contributed by atoms with Gasteiger partial charge in [0.2, 0.25) is 0 Å². The molecule has 6 nitrogen and oxygen atoms in total. The van der Waals surface area contributed by atoms with Crippen molar-refractivity contribution in [1.29, 1.82) is 0 Å². The van der Waals surface area contributed by atoms with Gasteiger partial charge in [-0.05, 0) is 50.2 Å². The fraction of sp³-hybridized carbons (Fsp3) is 0.160. The molecule has 0 saturated carbocycles. The van der Waals surface area contributed by atoms with E-state index in [0.717, 1.165) is 5.56 Å². The largest absolute Gasteiger partial charge is 0.322 e. The lowest BCUT2D eigenvalue weighted by Gasteiger charge is -2.27. The van der Waals surface area contributed by atoms with E-state index in [1.807, 2.05) is 86.6 Å². The fourth-order valence-corrected chi connectivity index (χ4v) is 3.46. The number of hydrogen-bond acceptors (Lipinski definition) is 3. The van der Waals surface area contributed by atoms with Crippen molar-refractivity contribution in [2.45, 2.75) is 19.9 Å². The van der Waals surface area contributed by atoms with E-state index in [4.69, 9.17) is 4.98 Å². The van der Waals surface area contributed by atoms with Crippen molar-refractivity contribution in [2.24, 2.45) is 0 Å². The average molecular weight is 412 g/mol. The molecule has 0 bridgehead atoms. The topological polar surface area (TPSA) is 67.2 Å². The second-order valence-electron chi connectivity index (χ2n) is 7.55. The van der Waals surface area contributed by atoms with E-state index < -0.39 is 6.04 Å². The van der Waals surface area contributed by atoms with Crippen molar-refractivity contribution in [3.63, 3.8) is 0 Å². The third kappa shape index (κ3) is 4.05. The van der Waals surface area contributed by atoms with Crippen LogP contribution in [0.3, 0.4) is 0 Å². The predicted octanol–water partition coefficient (Wildman–Crippen LogP) is 4.92. The number of urea groups is 1. The summed E-state index contributed by atoms with van der Waals surface area (Å²) in [5, 5.41) is 3.42. The zero-order valence-corrected chi connectivity index (χ0v) is 17.7. The first-order valence-electron chi connectivity index (χ1n) is 10.1. The summed E-state index contributed by atoms with van der Waals surface area (Å²) in [6.45, 7) is 3.86. The van der Waals surface area contributed by atoms with Gasteiger partial charge in [0.05, 0.1) is 22.6 Å². The second kappa shape index (κ2) is 8.44. The van der Waals surface area contributed by atoms with Crippen LogP contribution in [-0.4, -0.2) is 27.5 Å². The molecule has 1 N–H and O–H groups in total. The summed E-state index contributed by atoms with van der Waals surface area (Å²) in [5.74, 6) is 0.498. The molecule has 0 saturated heterocycles. The summed E-state index contributed by atoms with van der Waals surface area (Å²) in [6.07, 6.45) is 0. The normalized spacial score (nSPS) is 11.8. The minimum absolute atomic E-state index is 0.159. The predicted molar refractivity (Wildman–Crippen MR) is 124 cm³/mol. The standard InChI is InChI=1S/C25H24N4O2/c1-17-13-15-20(16-14-17)29-23(27-22-12-8-7-11-21(22)24(29)30)18(2)28(3)25(31)26-19-9-5-4-6-10-19/h4-16,18H,1-3H3,(H,26,31). The quantitative estimate of drug-likeness (QED) is 0.517. The molecule has 4 aromatic rings. The number of amides is 2. The molecule has 1 heterocycles. The van der Waals surface area contributed by atoms with E-state index in [9.17, 15) is 9.59 Å². The summed E-state index contributed by atoms with van der Waals surface area (Å²) in [6, 6.07) is 23.5. The zero-order valence-electron chi connectivity index (χ0n) is 17.7. The number of rotatable bonds is 4. The summed E-state index contributed by atoms with van der Waals surface area (Å²) in [5.41, 5.74) is 2.96. The fourth-order valence-electron chi connectivity index (χ4n) is 3.46. The molecule has 6 heteroatoms. The molecule has 3 aromatic carbocycles. The van der Waals surface area contributed by atoms with E-state index in [-0.39, 0.29) is 11.6 Å². The first-order chi connectivity index (χ1) is 15.0. The van der Waals surface area contributed by atoms with Crippen LogP contribution in [0.25, 0.3) is 16.6 Å². The molecular formula is C25H24N4O2. The van der Waals surface area contributed by atoms with Gasteiger partial charge in [-0.15, -0.1) is 0 Å². The monoisotopic (exact) mass is 412 g/mol. The Labute approximate surface area is 180 Å². The molecule has 1 atom stereocenters. The van der Waals surface area contributed by atoms with E-state index in [2.05, 4.69) is 5.32 Å². The van der Waals surface area contributed by atoms with Crippen LogP contribution in [0.15, 0.2) is 83.7 Å². The number of nitrogens with zero attached hydrogens (tertiary/aromatic N) is 3. The SMILES string of the molecule is Cc1ccc(-n2c(C(C)N(C)C(=O)Nc3ccccc3)nc3ccccc3c2=O)cc1. The lowest BCUT2D eigenvalue weighted by atomic mass is 10.1. The van der Waals surface area contributed by atoms with Crippen molar-refractivity contribution in [3.05, 3.63) is 101 Å². The molecule has 1 aromatic heterocycles. The summed E-state index contributed by atoms with van der Waals surface area (Å²) < 4.78 is 1.60. The maximum absolute atomic E-state index is 13.4. The van der Waals surface area contributed by atoms with Gasteiger partial charge in [-0.2, -0.15) is 0 Å². The number of nitrogens with one attached hydrogen (secondary N) is 1. The molecule has 0 aliphatic rings. The lowest BCUT2D eigenvalue weighted by Crippen LogP contribution is -2.37. The van der Waals surface area contributed by atoms with Crippen molar-refractivity contribution >= 4 is 22.6 Å². The van der Waals surface area contributed by atoms with Gasteiger partial charge in [0, 0.05) is 12.7 Å². The Hall–Kier alpha value is -3.93. The van der Waals surface area contributed by atoms with Crippen molar-refractivity contribution in [3.8, 4) is 5.69 Å². The third-order valence-electron chi connectivity index (χ3n) is 5.39. The van der Waals surface area contributed by atoms with E-state index in [1.54, 1.807) is 22.6 Å². The van der Waals surface area contributed by atoms with Crippen molar-refractivity contribution < 1.29 is 4.79 Å². The highest BCUT2D eigenvalue weighted by molar-refractivity contribution is 5.89. The third-order valence-corrected chi connectivity index (χ3v) is 5.39. The van der Waals surface area contributed by atoms with Crippen molar-refractivity contribution in [1.82, 2.24) is 14.5 Å². The van der Waals surface area contributed by atoms with E-state index in [1.165, 1.54) is 0 Å². The van der Waals surface area contributed by atoms with Crippen LogP contribution in [0.5, 0.6) is 0 Å². The number of hydrogen-bond donors (Lipinski definition) is 1. The Kier molecular flexibility index (Phi) is 5.54. The Bertz CT molecular complexity index is 1280. The molecule has 1 unspecified atom stereocenters. The minimum Gasteiger partial charge on any atom is -0.318 e. The maximum Gasteiger partial charge on any atom is 0.322 e. The first kappa shape index (κ1) is 20.3. The summed E-state index contributed by atoms with van der Waals surface area (Å²) in [4.78, 5) is 32.6. The van der Waals surface area contributed by atoms with Crippen LogP contribution in [0, 0.1) is 6.92 Å². The Morgan fingerprint density at radius 3 is 2.32 bits per heavy atom. The number of carbonyl (C=O) groups excluding carboxylic acids is 1. The molecule has 0 radical (unpaired) electrons. The van der Waals surface area contributed by atoms with E-state index >= 15 is 0 Å². The molecule has 0 spiro atoms. The number of anilines is 1. The molecule has 31 heavy (non-hydrogen) atoms. The van der Waals surface area contributed by atoms with Gasteiger partial charge in [-0.1, -0.05) is 48.0 Å². The number of aryl methyl sites for hydroxylation is 1. The van der Waals surface area contributed by atoms with Crippen LogP contribution in [0.4, 0.5) is 10.5 Å². The van der Waals surface area contributed by atoms with Crippen LogP contribution in [-0.2, 0) is 0 Å². The maximum atomic E-state index is 13.4. The van der Waals surface area contributed by atoms with Crippen LogP contribution >= 0.6 is 0 Å². The smallest absolute Gasteiger partial charge is 0.318 e. The van der Waals surface area contributed by atoms with Gasteiger partial charge < -0.3 is 10.2 Å². The van der Waals surface area contributed by atoms with Gasteiger partial charge >= 0.3 is 6.03 Å². The lowest BCUT2D eigenvalue weighted by molar-refractivity contribution is 0.205. The first-order valence-corrected chi connectivity index (χ1v) is 10.1. The van der Waals surface area contributed by atoms with E-state index in [0.29, 0.717) is 28.1 Å². The number of carbonyl (C=O) groups is 1. The minimum atomic E-state index is -0.456. The highest BCUT2D eigenvalue weighted by atomic mass is 16.2. The Morgan fingerprint density at radius 2 is 1.61 bits per heavy atom. The highest BCUT2D eigenvalue weighted by Gasteiger charge is 2.24. The van der Waals surface area contributed by atoms with Gasteiger partial charge in [0.15, 0.2) is 0 Å². The van der Waals surface area contributed by atoms with Gasteiger partial charge in [0.1, 0.15) is 5.82 Å². The van der Waals surface area contributed by atoms with Gasteiger partial charge in [0.25, 0.3) is 5.56 Å². The van der Waals surface area contributed by atoms with Crippen LogP contribution < -0.4 is 10.9 Å². The zero-order chi connectivity index (χ0) is 22.0. The Balaban J connectivity index is 1.79. The molecule has 0 fully saturated rings. The molecular weight excluding hydrogens is 388 g/mol. The highest BCUT2D eigenvalue weighted by Crippen LogP contribution is 2.22. The number of fused-ring (bicyclic) bond motifs is 1. The number of benzene rings is 3. The number of aromatic nitrogens is 2. The average Bonchev–Trinajstić information content (AvgIpc) is 2.79. The molecule has 2 amide bonds. The molecule has 4 rings (SSSR count). The summed E-state index contributed by atoms with van der Waals surface area (Å²) >= 11 is 0. The van der Waals surface area contributed by atoms with Crippen LogP contribution in [0.1, 0.15) is 24.4 Å². The van der Waals surface area contributed by atoms with Gasteiger partial charge in [-0.3, -0.25) is 9.36 Å². The number of para-hydroxylation sites is 2. The van der Waals surface area contributed by atoms with Gasteiger partial charge in [-0.25, -0.2) is 9.78 Å². The Morgan fingerprint density at radius 1 is 0.968 bits per heavy atom. The summed E-state index contributed by atoms with van der Waals surface area (Å²) in [7, 11) is 1.70. The molecule has 156 valence electrons. The molecule has 0 aliphatic heterocycles. The molecule has 0 aliphatic carbocycles.